The third-order valence-electron chi connectivity index (χ3n) is 7.91. The first-order valence-corrected chi connectivity index (χ1v) is 14.7. The van der Waals surface area contributed by atoms with Crippen LogP contribution in [0.3, 0.4) is 0 Å². The largest absolute Gasteiger partial charge is 0.467 e. The van der Waals surface area contributed by atoms with Crippen LogP contribution < -0.4 is 10.6 Å². The van der Waals surface area contributed by atoms with Crippen LogP contribution >= 0.6 is 0 Å². The van der Waals surface area contributed by atoms with Gasteiger partial charge >= 0.3 is 18.0 Å². The average molecular weight is 610 g/mol. The van der Waals surface area contributed by atoms with Crippen molar-refractivity contribution in [1.82, 2.24) is 15.5 Å². The molecule has 238 valence electrons. The summed E-state index contributed by atoms with van der Waals surface area (Å²) in [6, 6.07) is -1.03. The van der Waals surface area contributed by atoms with Crippen molar-refractivity contribution in [3.05, 3.63) is 35.4 Å². The fourth-order valence-electron chi connectivity index (χ4n) is 5.62. The van der Waals surface area contributed by atoms with Gasteiger partial charge < -0.3 is 29.7 Å². The third-order valence-corrected chi connectivity index (χ3v) is 7.91. The number of carbonyl (C=O) groups is 5. The van der Waals surface area contributed by atoms with Gasteiger partial charge in [-0.3, -0.25) is 9.59 Å². The van der Waals surface area contributed by atoms with Gasteiger partial charge in [0.2, 0.25) is 11.8 Å². The Morgan fingerprint density at radius 3 is 2.28 bits per heavy atom. The predicted octanol–water partition coefficient (Wildman–Crippen LogP) is 3.17. The summed E-state index contributed by atoms with van der Waals surface area (Å²) in [6.45, 7) is 3.24. The van der Waals surface area contributed by atoms with Crippen LogP contribution in [0.25, 0.3) is 0 Å². The minimum atomic E-state index is -1.50. The number of ether oxygens (including phenoxy) is 3. The smallest absolute Gasteiger partial charge is 0.407 e. The van der Waals surface area contributed by atoms with Crippen LogP contribution in [0.5, 0.6) is 0 Å². The molecule has 0 spiro atoms. The minimum Gasteiger partial charge on any atom is -0.467 e. The van der Waals surface area contributed by atoms with Crippen LogP contribution in [0.4, 0.5) is 13.6 Å². The van der Waals surface area contributed by atoms with Crippen LogP contribution in [-0.4, -0.2) is 79.2 Å². The molecule has 3 rings (SSSR count). The highest BCUT2D eigenvalue weighted by atomic mass is 19.1. The van der Waals surface area contributed by atoms with Gasteiger partial charge in [-0.05, 0) is 49.8 Å². The van der Waals surface area contributed by atoms with E-state index in [4.69, 9.17) is 14.2 Å². The normalized spacial score (nSPS) is 19.1. The standard InChI is InChI=1S/C30H41F2N3O8/c1-18(43-28(38)25-10-7-12-35(25)19(2)36)26(29(39)41-3)34-27(37)24(16-21-14-22(31)17-23(32)15-21)33-30(40)42-13-11-20-8-5-4-6-9-20/h14-15,17-18,20,24-26H,4-13,16H2,1-3H3,(H,33,40)(H,34,37)/t18-,24-,25?,26-/m0/s1. The number of amides is 3. The number of alkyl carbamates (subject to hydrolysis) is 1. The van der Waals surface area contributed by atoms with Crippen molar-refractivity contribution in [2.75, 3.05) is 20.3 Å². The fourth-order valence-corrected chi connectivity index (χ4v) is 5.62. The molecule has 0 aromatic heterocycles. The maximum Gasteiger partial charge on any atom is 0.407 e. The van der Waals surface area contributed by atoms with Crippen LogP contribution in [-0.2, 0) is 39.8 Å². The molecule has 1 unspecified atom stereocenters. The molecule has 2 aliphatic rings. The van der Waals surface area contributed by atoms with Crippen molar-refractivity contribution in [2.24, 2.45) is 5.92 Å². The van der Waals surface area contributed by atoms with E-state index in [0.717, 1.165) is 44.9 Å². The summed E-state index contributed by atoms with van der Waals surface area (Å²) in [7, 11) is 1.08. The molecule has 1 aliphatic heterocycles. The number of rotatable bonds is 12. The van der Waals surface area contributed by atoms with Crippen LogP contribution in [0.1, 0.15) is 70.8 Å². The zero-order chi connectivity index (χ0) is 31.5. The zero-order valence-electron chi connectivity index (χ0n) is 24.9. The predicted molar refractivity (Wildman–Crippen MR) is 149 cm³/mol. The lowest BCUT2D eigenvalue weighted by atomic mass is 9.87. The van der Waals surface area contributed by atoms with Crippen molar-refractivity contribution in [2.45, 2.75) is 95.9 Å². The molecule has 13 heteroatoms. The van der Waals surface area contributed by atoms with Crippen molar-refractivity contribution in [3.63, 3.8) is 0 Å². The molecule has 43 heavy (non-hydrogen) atoms. The molecule has 1 saturated heterocycles. The second-order valence-electron chi connectivity index (χ2n) is 11.1. The molecule has 1 aromatic rings. The summed E-state index contributed by atoms with van der Waals surface area (Å²) < 4.78 is 43.3. The van der Waals surface area contributed by atoms with Crippen LogP contribution in [0.15, 0.2) is 18.2 Å². The maximum atomic E-state index is 13.9. The van der Waals surface area contributed by atoms with Crippen molar-refractivity contribution in [1.29, 1.82) is 0 Å². The number of benzene rings is 1. The molecule has 3 amide bonds. The summed E-state index contributed by atoms with van der Waals surface area (Å²) in [5.74, 6) is -4.17. The van der Waals surface area contributed by atoms with E-state index in [1.165, 1.54) is 25.2 Å². The lowest BCUT2D eigenvalue weighted by Crippen LogP contribution is -2.56. The molecule has 2 N–H and O–H groups in total. The molecule has 2 fully saturated rings. The van der Waals surface area contributed by atoms with Crippen molar-refractivity contribution in [3.8, 4) is 0 Å². The topological polar surface area (TPSA) is 140 Å². The van der Waals surface area contributed by atoms with Gasteiger partial charge in [0.25, 0.3) is 0 Å². The second kappa shape index (κ2) is 16.2. The van der Waals surface area contributed by atoms with Crippen molar-refractivity contribution < 1.29 is 47.0 Å². The van der Waals surface area contributed by atoms with Gasteiger partial charge in [-0.25, -0.2) is 23.2 Å². The highest BCUT2D eigenvalue weighted by Crippen LogP contribution is 2.26. The van der Waals surface area contributed by atoms with Gasteiger partial charge in [-0.1, -0.05) is 32.1 Å². The molecule has 0 bridgehead atoms. The van der Waals surface area contributed by atoms with Crippen molar-refractivity contribution >= 4 is 29.8 Å². The molecule has 0 radical (unpaired) electrons. The van der Waals surface area contributed by atoms with E-state index in [1.54, 1.807) is 0 Å². The van der Waals surface area contributed by atoms with Gasteiger partial charge in [-0.2, -0.15) is 0 Å². The molecular weight excluding hydrogens is 568 g/mol. The van der Waals surface area contributed by atoms with E-state index >= 15 is 0 Å². The molecule has 1 aliphatic carbocycles. The number of halogens is 2. The Balaban J connectivity index is 1.70. The van der Waals surface area contributed by atoms with Gasteiger partial charge in [-0.15, -0.1) is 0 Å². The highest BCUT2D eigenvalue weighted by Gasteiger charge is 2.38. The van der Waals surface area contributed by atoms with Crippen LogP contribution in [0.2, 0.25) is 0 Å². The van der Waals surface area contributed by atoms with E-state index in [1.807, 2.05) is 0 Å². The Bertz CT molecular complexity index is 1140. The van der Waals surface area contributed by atoms with Gasteiger partial charge in [0.15, 0.2) is 6.04 Å². The Hall–Kier alpha value is -3.77. The molecule has 1 saturated carbocycles. The maximum absolute atomic E-state index is 13.9. The Kier molecular flexibility index (Phi) is 12.7. The summed E-state index contributed by atoms with van der Waals surface area (Å²) in [5.41, 5.74) is 0.0693. The number of nitrogens with zero attached hydrogens (tertiary/aromatic N) is 1. The van der Waals surface area contributed by atoms with E-state index in [-0.39, 0.29) is 24.5 Å². The van der Waals surface area contributed by atoms with E-state index in [0.29, 0.717) is 37.8 Å². The first-order valence-electron chi connectivity index (χ1n) is 14.7. The molecule has 1 heterocycles. The average Bonchev–Trinajstić information content (AvgIpc) is 3.46. The monoisotopic (exact) mass is 609 g/mol. The van der Waals surface area contributed by atoms with Gasteiger partial charge in [0.1, 0.15) is 29.8 Å². The summed E-state index contributed by atoms with van der Waals surface area (Å²) >= 11 is 0. The first-order chi connectivity index (χ1) is 20.5. The Morgan fingerprint density at radius 2 is 1.65 bits per heavy atom. The first kappa shape index (κ1) is 33.7. The minimum absolute atomic E-state index is 0.0693. The lowest BCUT2D eigenvalue weighted by Gasteiger charge is -2.28. The SMILES string of the molecule is COC(=O)[C@@H](NC(=O)[C@H](Cc1cc(F)cc(F)c1)NC(=O)OCCC1CCCCC1)[C@H](C)OC(=O)C1CCCN1C(C)=O. The molecule has 4 atom stereocenters. The number of esters is 2. The fraction of sp³-hybridized carbons (Fsp3) is 0.633. The summed E-state index contributed by atoms with van der Waals surface area (Å²) in [6.07, 6.45) is 4.78. The molecule has 1 aromatic carbocycles. The van der Waals surface area contributed by atoms with Gasteiger partial charge in [0.05, 0.1) is 13.7 Å². The molecule has 11 nitrogen and oxygen atoms in total. The van der Waals surface area contributed by atoms with E-state index in [9.17, 15) is 32.8 Å². The quantitative estimate of drug-likeness (QED) is 0.272. The highest BCUT2D eigenvalue weighted by molar-refractivity contribution is 5.90. The third kappa shape index (κ3) is 10.2. The lowest BCUT2D eigenvalue weighted by molar-refractivity contribution is -0.163. The molecular formula is C30H41F2N3O8. The number of hydrogen-bond donors (Lipinski definition) is 2. The zero-order valence-corrected chi connectivity index (χ0v) is 24.9. The van der Waals surface area contributed by atoms with E-state index < -0.39 is 59.8 Å². The Morgan fingerprint density at radius 1 is 0.977 bits per heavy atom. The summed E-state index contributed by atoms with van der Waals surface area (Å²) in [5, 5.41) is 4.86. The summed E-state index contributed by atoms with van der Waals surface area (Å²) in [4.78, 5) is 64.8. The Labute approximate surface area is 250 Å². The number of hydrogen-bond acceptors (Lipinski definition) is 8. The number of carbonyl (C=O) groups excluding carboxylic acids is 5. The number of methoxy groups -OCH3 is 1. The number of likely N-dealkylation sites (tertiary alicyclic amines) is 1. The van der Waals surface area contributed by atoms with Crippen LogP contribution in [0, 0.1) is 17.6 Å². The van der Waals surface area contributed by atoms with E-state index in [2.05, 4.69) is 10.6 Å². The van der Waals surface area contributed by atoms with Gasteiger partial charge in [0, 0.05) is 26.0 Å². The second-order valence-corrected chi connectivity index (χ2v) is 11.1. The number of nitrogens with one attached hydrogen (secondary N) is 2.